The lowest BCUT2D eigenvalue weighted by Crippen LogP contribution is -2.37. The first-order valence-electron chi connectivity index (χ1n) is 12.7. The number of aromatic nitrogens is 2. The maximum absolute atomic E-state index is 6.41. The summed E-state index contributed by atoms with van der Waals surface area (Å²) in [6.07, 6.45) is 16.1. The highest BCUT2D eigenvalue weighted by Crippen LogP contribution is 2.58. The first kappa shape index (κ1) is 28.0. The topological polar surface area (TPSA) is 73.1 Å². The van der Waals surface area contributed by atoms with Crippen LogP contribution in [0.25, 0.3) is 12.7 Å². The summed E-state index contributed by atoms with van der Waals surface area (Å²) in [5, 5.41) is 1.63. The molecule has 0 aromatic carbocycles. The van der Waals surface area contributed by atoms with Gasteiger partial charge in [-0.1, -0.05) is 78.7 Å². The fraction of sp³-hybridized carbons (Fsp3) is 0.667. The van der Waals surface area contributed by atoms with Crippen LogP contribution in [0.15, 0.2) is 24.4 Å². The van der Waals surface area contributed by atoms with Gasteiger partial charge in [0.05, 0.1) is 17.2 Å². The van der Waals surface area contributed by atoms with Gasteiger partial charge in [-0.05, 0) is 51.6 Å². The molecule has 1 aromatic heterocycles. The van der Waals surface area contributed by atoms with Crippen molar-refractivity contribution < 1.29 is 0 Å². The summed E-state index contributed by atoms with van der Waals surface area (Å²) >= 11 is 0. The highest BCUT2D eigenvalue weighted by Gasteiger charge is 2.54. The van der Waals surface area contributed by atoms with E-state index in [1.54, 1.807) is 4.68 Å². The Balaban J connectivity index is 0.00000121. The lowest BCUT2D eigenvalue weighted by atomic mass is 9.64. The number of hydrogen-bond donors (Lipinski definition) is 2. The Morgan fingerprint density at radius 3 is 2.25 bits per heavy atom. The Morgan fingerprint density at radius 2 is 1.69 bits per heavy atom. The molecule has 2 fully saturated rings. The van der Waals surface area contributed by atoms with Gasteiger partial charge in [0.25, 0.3) is 0 Å². The van der Waals surface area contributed by atoms with Crippen LogP contribution >= 0.6 is 0 Å². The van der Waals surface area contributed by atoms with Crippen LogP contribution in [0.1, 0.15) is 91.8 Å². The van der Waals surface area contributed by atoms with Crippen LogP contribution < -0.4 is 22.3 Å². The minimum absolute atomic E-state index is 0.258. The lowest BCUT2D eigenvalue weighted by molar-refractivity contribution is 0.134. The molecule has 0 amide bonds. The molecule has 1 aliphatic carbocycles. The molecule has 0 radical (unpaired) electrons. The van der Waals surface area contributed by atoms with Gasteiger partial charge < -0.3 is 16.5 Å². The van der Waals surface area contributed by atoms with Crippen molar-refractivity contribution in [2.45, 2.75) is 98.6 Å². The number of imidazole rings is 1. The molecule has 2 aliphatic rings. The second-order valence-corrected chi connectivity index (χ2v) is 8.61. The van der Waals surface area contributed by atoms with E-state index in [2.05, 4.69) is 37.6 Å². The molecule has 1 aliphatic heterocycles. The molecule has 182 valence electrons. The molecule has 1 aromatic rings. The molecular weight excluding hydrogens is 394 g/mol. The molecule has 1 saturated heterocycles. The number of allylic oxidation sites excluding steroid dienone is 3. The molecule has 4 N–H and O–H groups in total. The minimum atomic E-state index is 0.258. The molecule has 2 heterocycles. The van der Waals surface area contributed by atoms with Crippen molar-refractivity contribution in [3.63, 3.8) is 0 Å². The van der Waals surface area contributed by atoms with Gasteiger partial charge in [0.2, 0.25) is 0 Å². The zero-order valence-corrected chi connectivity index (χ0v) is 21.7. The average molecular weight is 444 g/mol. The number of fused-ring (bicyclic) bond motifs is 1. The van der Waals surface area contributed by atoms with Crippen molar-refractivity contribution in [1.82, 2.24) is 14.6 Å². The fourth-order valence-corrected chi connectivity index (χ4v) is 5.89. The number of rotatable bonds is 7. The molecule has 1 saturated carbocycles. The Bertz CT molecular complexity index is 829. The third-order valence-corrected chi connectivity index (χ3v) is 7.01. The molecule has 3 rings (SSSR count). The average Bonchev–Trinajstić information content (AvgIpc) is 3.21. The summed E-state index contributed by atoms with van der Waals surface area (Å²) in [6, 6.07) is 0.576. The van der Waals surface area contributed by atoms with Gasteiger partial charge in [0.1, 0.15) is 5.82 Å². The van der Waals surface area contributed by atoms with E-state index >= 15 is 0 Å². The molecule has 2 unspecified atom stereocenters. The van der Waals surface area contributed by atoms with Crippen molar-refractivity contribution in [3.8, 4) is 0 Å². The van der Waals surface area contributed by atoms with E-state index in [0.717, 1.165) is 29.0 Å². The molecule has 0 spiro atoms. The normalized spacial score (nSPS) is 22.3. The molecule has 5 heteroatoms. The van der Waals surface area contributed by atoms with Gasteiger partial charge in [-0.25, -0.2) is 9.66 Å². The summed E-state index contributed by atoms with van der Waals surface area (Å²) in [5.41, 5.74) is 6.09. The maximum Gasteiger partial charge on any atom is 0.147 e. The predicted octanol–water partition coefficient (Wildman–Crippen LogP) is 4.44. The van der Waals surface area contributed by atoms with E-state index in [9.17, 15) is 0 Å². The summed E-state index contributed by atoms with van der Waals surface area (Å²) in [4.78, 5) is 7.27. The van der Waals surface area contributed by atoms with Crippen molar-refractivity contribution in [2.24, 2.45) is 17.1 Å². The van der Waals surface area contributed by atoms with E-state index < -0.39 is 0 Å². The van der Waals surface area contributed by atoms with E-state index in [1.807, 2.05) is 39.0 Å². The lowest BCUT2D eigenvalue weighted by Gasteiger charge is -2.38. The number of nitrogen functional groups attached to an aromatic ring is 1. The standard InChI is InChI=1S/C24H38N4.C2H6.CH5N/c1-6-9-13-21-18(4)26-23(28(21)25)17-27-19(5)24(15-7-2,16-8-3)20-12-10-11-14-22(20)27;2*1-2/h6,9,13,20,22H,4-5,7-8,10-12,14-17,25H2,1-3H3;1-2H3;2H2,1H3/b9-6-,21-13+;;. The van der Waals surface area contributed by atoms with Gasteiger partial charge in [-0.2, -0.15) is 0 Å². The zero-order chi connectivity index (χ0) is 24.3. The number of nitrogens with zero attached hydrogens (tertiary/aromatic N) is 3. The first-order chi connectivity index (χ1) is 15.5. The molecule has 0 bridgehead atoms. The molecular formula is C27H49N5. The molecule has 32 heavy (non-hydrogen) atoms. The van der Waals surface area contributed by atoms with Crippen molar-refractivity contribution in [2.75, 3.05) is 12.9 Å². The van der Waals surface area contributed by atoms with E-state index in [1.165, 1.54) is 64.1 Å². The van der Waals surface area contributed by atoms with Gasteiger partial charge in [-0.15, -0.1) is 0 Å². The zero-order valence-electron chi connectivity index (χ0n) is 21.7. The summed E-state index contributed by atoms with van der Waals surface area (Å²) < 4.78 is 1.72. The van der Waals surface area contributed by atoms with Crippen LogP contribution in [0.3, 0.4) is 0 Å². The minimum Gasteiger partial charge on any atom is -0.364 e. The summed E-state index contributed by atoms with van der Waals surface area (Å²) in [5.74, 6) is 8.02. The van der Waals surface area contributed by atoms with Crippen molar-refractivity contribution >= 4 is 12.7 Å². The maximum atomic E-state index is 6.41. The number of likely N-dealkylation sites (tertiary alicyclic amines) is 1. The van der Waals surface area contributed by atoms with Crippen molar-refractivity contribution in [1.29, 1.82) is 0 Å². The van der Waals surface area contributed by atoms with Gasteiger partial charge in [0.15, 0.2) is 0 Å². The van der Waals surface area contributed by atoms with Gasteiger partial charge in [-0.3, -0.25) is 0 Å². The van der Waals surface area contributed by atoms with Crippen LogP contribution in [0, 0.1) is 11.3 Å². The largest absolute Gasteiger partial charge is 0.364 e. The second kappa shape index (κ2) is 13.5. The molecule has 5 nitrogen and oxygen atoms in total. The third kappa shape index (κ3) is 5.48. The fourth-order valence-electron chi connectivity index (χ4n) is 5.89. The Kier molecular flexibility index (Phi) is 11.8. The predicted molar refractivity (Wildman–Crippen MR) is 141 cm³/mol. The van der Waals surface area contributed by atoms with Crippen LogP contribution in [0.2, 0.25) is 0 Å². The van der Waals surface area contributed by atoms with E-state index in [4.69, 9.17) is 10.8 Å². The first-order valence-corrected chi connectivity index (χ1v) is 12.7. The smallest absolute Gasteiger partial charge is 0.147 e. The summed E-state index contributed by atoms with van der Waals surface area (Å²) in [6.45, 7) is 20.1. The van der Waals surface area contributed by atoms with Crippen molar-refractivity contribution in [3.05, 3.63) is 41.0 Å². The third-order valence-electron chi connectivity index (χ3n) is 7.01. The molecule has 2 atom stereocenters. The number of hydrogen-bond acceptors (Lipinski definition) is 4. The van der Waals surface area contributed by atoms with Crippen LogP contribution in [-0.4, -0.2) is 27.6 Å². The summed E-state index contributed by atoms with van der Waals surface area (Å²) in [7, 11) is 1.50. The van der Waals surface area contributed by atoms with Crippen LogP contribution in [0.4, 0.5) is 0 Å². The van der Waals surface area contributed by atoms with Gasteiger partial charge >= 0.3 is 0 Å². The SMILES string of the molecule is C=C1N(Cc2nc(=C)/c(=C\C=C/C)n2N)C2CCCCC2C1(CCC)CCC.CC.CN. The van der Waals surface area contributed by atoms with E-state index in [0.29, 0.717) is 6.04 Å². The van der Waals surface area contributed by atoms with Crippen LogP contribution in [0.5, 0.6) is 0 Å². The Hall–Kier alpha value is -2.01. The van der Waals surface area contributed by atoms with E-state index in [-0.39, 0.29) is 5.41 Å². The van der Waals surface area contributed by atoms with Gasteiger partial charge in [0, 0.05) is 17.2 Å². The highest BCUT2D eigenvalue weighted by molar-refractivity contribution is 5.35. The Labute approximate surface area is 196 Å². The quantitative estimate of drug-likeness (QED) is 0.611. The second-order valence-electron chi connectivity index (χ2n) is 8.61. The monoisotopic (exact) mass is 443 g/mol. The highest BCUT2D eigenvalue weighted by atomic mass is 15.3. The van der Waals surface area contributed by atoms with Crippen LogP contribution in [-0.2, 0) is 6.54 Å². The number of nitrogens with two attached hydrogens (primary N) is 2. The Morgan fingerprint density at radius 1 is 1.09 bits per heavy atom.